The van der Waals surface area contributed by atoms with Gasteiger partial charge in [-0.05, 0) is 38.8 Å². The molecule has 1 rings (SSSR count). The third-order valence-corrected chi connectivity index (χ3v) is 3.36. The van der Waals surface area contributed by atoms with Gasteiger partial charge in [0.15, 0.2) is 0 Å². The van der Waals surface area contributed by atoms with Gasteiger partial charge in [-0.3, -0.25) is 0 Å². The molecule has 14 heavy (non-hydrogen) atoms. The van der Waals surface area contributed by atoms with E-state index in [1.807, 2.05) is 6.92 Å². The fraction of sp³-hybridized carbons (Fsp3) is 0.545. The van der Waals surface area contributed by atoms with Crippen LogP contribution in [0.3, 0.4) is 0 Å². The van der Waals surface area contributed by atoms with Crippen LogP contribution in [-0.4, -0.2) is 5.78 Å². The molecule has 0 unspecified atom stereocenters. The van der Waals surface area contributed by atoms with Gasteiger partial charge in [-0.1, -0.05) is 6.92 Å². The first-order valence-electron chi connectivity index (χ1n) is 4.71. The molecule has 0 fully saturated rings. The number of hydrogen-bond acceptors (Lipinski definition) is 3. The molecule has 80 valence electrons. The second kappa shape index (κ2) is 5.81. The van der Waals surface area contributed by atoms with Crippen molar-refractivity contribution in [2.75, 3.05) is 5.73 Å². The number of carbonyl (C=O) groups is 1. The summed E-state index contributed by atoms with van der Waals surface area (Å²) in [5.41, 5.74) is 8.25. The number of aryl methyl sites for hydroxylation is 1. The lowest BCUT2D eigenvalue weighted by molar-refractivity contribution is -0.116. The number of carbonyl (C=O) groups excluding carboxylic acids is 1. The summed E-state index contributed by atoms with van der Waals surface area (Å²) in [5.74, 6) is 0.255. The zero-order valence-electron chi connectivity index (χ0n) is 9.60. The largest absolute Gasteiger partial charge is 0.390 e. The number of hydrogen-bond donors (Lipinski definition) is 1. The van der Waals surface area contributed by atoms with Gasteiger partial charge in [-0.2, -0.15) is 0 Å². The molecule has 0 aliphatic carbocycles. The Hall–Kier alpha value is -0.830. The molecule has 1 aromatic rings. The fourth-order valence-corrected chi connectivity index (χ4v) is 1.71. The van der Waals surface area contributed by atoms with Gasteiger partial charge < -0.3 is 10.5 Å². The summed E-state index contributed by atoms with van der Waals surface area (Å²) in [6.45, 7) is 9.71. The molecule has 3 heteroatoms. The van der Waals surface area contributed by atoms with Gasteiger partial charge in [0.25, 0.3) is 0 Å². The molecule has 0 aliphatic heterocycles. The minimum Gasteiger partial charge on any atom is -0.390 e. The number of nitrogens with two attached hydrogens (primary N) is 1. The van der Waals surface area contributed by atoms with Crippen molar-refractivity contribution in [3.63, 3.8) is 0 Å². The van der Waals surface area contributed by atoms with Crippen LogP contribution in [0.5, 0.6) is 0 Å². The minimum absolute atomic E-state index is 0.255. The summed E-state index contributed by atoms with van der Waals surface area (Å²) in [6, 6.07) is 0. The molecule has 0 bridgehead atoms. The van der Waals surface area contributed by atoms with Crippen LogP contribution in [0.1, 0.15) is 36.3 Å². The van der Waals surface area contributed by atoms with Crippen LogP contribution in [-0.2, 0) is 4.79 Å². The van der Waals surface area contributed by atoms with E-state index in [9.17, 15) is 4.79 Å². The van der Waals surface area contributed by atoms with E-state index < -0.39 is 0 Å². The molecule has 0 aromatic carbocycles. The first-order chi connectivity index (χ1) is 6.40. The van der Waals surface area contributed by atoms with Crippen molar-refractivity contribution in [3.05, 3.63) is 16.0 Å². The van der Waals surface area contributed by atoms with E-state index >= 15 is 0 Å². The van der Waals surface area contributed by atoms with E-state index in [1.54, 1.807) is 18.3 Å². The molecule has 1 heterocycles. The molecular weight excluding hydrogens is 194 g/mol. The normalized spacial score (nSPS) is 9.21. The van der Waals surface area contributed by atoms with Crippen LogP contribution in [0.4, 0.5) is 5.00 Å². The molecule has 0 aliphatic rings. The average Bonchev–Trinajstić information content (AvgIpc) is 2.34. The molecule has 0 spiro atoms. The van der Waals surface area contributed by atoms with E-state index in [2.05, 4.69) is 20.8 Å². The van der Waals surface area contributed by atoms with Crippen LogP contribution < -0.4 is 5.73 Å². The van der Waals surface area contributed by atoms with Gasteiger partial charge in [-0.25, -0.2) is 0 Å². The van der Waals surface area contributed by atoms with Gasteiger partial charge >= 0.3 is 0 Å². The Morgan fingerprint density at radius 2 is 1.71 bits per heavy atom. The quantitative estimate of drug-likeness (QED) is 0.778. The van der Waals surface area contributed by atoms with Crippen molar-refractivity contribution < 1.29 is 4.79 Å². The lowest BCUT2D eigenvalue weighted by Gasteiger charge is -1.88. The molecule has 1 aromatic heterocycles. The van der Waals surface area contributed by atoms with Gasteiger partial charge in [0.1, 0.15) is 5.78 Å². The minimum atomic E-state index is 0.255. The predicted octanol–water partition coefficient (Wildman–Crippen LogP) is 3.24. The SMILES string of the molecule is CCC(C)=O.Cc1sc(N)c(C)c1C. The van der Waals surface area contributed by atoms with Crippen molar-refractivity contribution in [2.24, 2.45) is 0 Å². The first-order valence-corrected chi connectivity index (χ1v) is 5.53. The molecule has 2 nitrogen and oxygen atoms in total. The molecule has 0 amide bonds. The Morgan fingerprint density at radius 1 is 1.29 bits per heavy atom. The van der Waals surface area contributed by atoms with Gasteiger partial charge in [0.05, 0.1) is 5.00 Å². The Bertz CT molecular complexity index is 293. The summed E-state index contributed by atoms with van der Waals surface area (Å²) in [5, 5.41) is 0.963. The maximum atomic E-state index is 9.81. The fourth-order valence-electron chi connectivity index (χ4n) is 0.767. The van der Waals surface area contributed by atoms with E-state index in [-0.39, 0.29) is 5.78 Å². The van der Waals surface area contributed by atoms with Crippen LogP contribution >= 0.6 is 11.3 Å². The molecule has 0 saturated heterocycles. The lowest BCUT2D eigenvalue weighted by atomic mass is 10.2. The second-order valence-electron chi connectivity index (χ2n) is 3.33. The van der Waals surface area contributed by atoms with E-state index in [0.717, 1.165) is 5.00 Å². The van der Waals surface area contributed by atoms with Crippen molar-refractivity contribution >= 4 is 22.1 Å². The van der Waals surface area contributed by atoms with Crippen molar-refractivity contribution in [1.29, 1.82) is 0 Å². The van der Waals surface area contributed by atoms with E-state index in [4.69, 9.17) is 5.73 Å². The Morgan fingerprint density at radius 3 is 1.79 bits per heavy atom. The molecule has 0 saturated carbocycles. The molecular formula is C11H19NOS. The van der Waals surface area contributed by atoms with Crippen LogP contribution in [0, 0.1) is 20.8 Å². The Labute approximate surface area is 90.1 Å². The second-order valence-corrected chi connectivity index (χ2v) is 4.58. The summed E-state index contributed by atoms with van der Waals surface area (Å²) >= 11 is 1.67. The highest BCUT2D eigenvalue weighted by Gasteiger charge is 2.03. The smallest absolute Gasteiger partial charge is 0.129 e. The average molecular weight is 213 g/mol. The zero-order chi connectivity index (χ0) is 11.3. The third kappa shape index (κ3) is 3.92. The van der Waals surface area contributed by atoms with Gasteiger partial charge in [-0.15, -0.1) is 11.3 Å². The number of Topliss-reactive ketones (excluding diaryl/α,β-unsaturated/α-hetero) is 1. The summed E-state index contributed by atoms with van der Waals surface area (Å²) < 4.78 is 0. The maximum absolute atomic E-state index is 9.81. The first kappa shape index (κ1) is 13.2. The number of thiophene rings is 1. The third-order valence-electron chi connectivity index (χ3n) is 2.22. The highest BCUT2D eigenvalue weighted by atomic mass is 32.1. The van der Waals surface area contributed by atoms with Crippen LogP contribution in [0.15, 0.2) is 0 Å². The van der Waals surface area contributed by atoms with Crippen LogP contribution in [0.2, 0.25) is 0 Å². The van der Waals surface area contributed by atoms with E-state index in [1.165, 1.54) is 16.0 Å². The van der Waals surface area contributed by atoms with Crippen LogP contribution in [0.25, 0.3) is 0 Å². The molecule has 0 radical (unpaired) electrons. The zero-order valence-corrected chi connectivity index (χ0v) is 10.4. The maximum Gasteiger partial charge on any atom is 0.129 e. The Kier molecular flexibility index (Phi) is 5.46. The summed E-state index contributed by atoms with van der Waals surface area (Å²) in [7, 11) is 0. The highest BCUT2D eigenvalue weighted by Crippen LogP contribution is 2.27. The standard InChI is InChI=1S/C7H11NS.C4H8O/c1-4-5(2)7(8)9-6(4)3;1-3-4(2)5/h8H2,1-3H3;3H2,1-2H3. The van der Waals surface area contributed by atoms with Crippen molar-refractivity contribution in [3.8, 4) is 0 Å². The summed E-state index contributed by atoms with van der Waals surface area (Å²) in [4.78, 5) is 11.2. The number of ketones is 1. The number of anilines is 1. The van der Waals surface area contributed by atoms with Crippen molar-refractivity contribution in [2.45, 2.75) is 41.0 Å². The molecule has 0 atom stereocenters. The molecule has 2 N–H and O–H groups in total. The van der Waals surface area contributed by atoms with Gasteiger partial charge in [0.2, 0.25) is 0 Å². The number of nitrogen functional groups attached to an aromatic ring is 1. The number of rotatable bonds is 1. The predicted molar refractivity (Wildman–Crippen MR) is 63.9 cm³/mol. The Balaban J connectivity index is 0.000000292. The van der Waals surface area contributed by atoms with Gasteiger partial charge in [0, 0.05) is 11.3 Å². The highest BCUT2D eigenvalue weighted by molar-refractivity contribution is 7.16. The van der Waals surface area contributed by atoms with Crippen molar-refractivity contribution in [1.82, 2.24) is 0 Å². The lowest BCUT2D eigenvalue weighted by Crippen LogP contribution is -1.81. The topological polar surface area (TPSA) is 43.1 Å². The summed E-state index contributed by atoms with van der Waals surface area (Å²) in [6.07, 6.45) is 0.667. The monoisotopic (exact) mass is 213 g/mol. The van der Waals surface area contributed by atoms with E-state index in [0.29, 0.717) is 6.42 Å².